The Morgan fingerprint density at radius 3 is 1.09 bits per heavy atom. The molecule has 0 N–H and O–H groups in total. The smallest absolute Gasteiger partial charge is 0.0734 e. The van der Waals surface area contributed by atoms with Crippen LogP contribution in [0, 0.1) is 0 Å². The van der Waals surface area contributed by atoms with E-state index in [9.17, 15) is 0 Å². The van der Waals surface area contributed by atoms with Crippen molar-refractivity contribution in [2.24, 2.45) is 0 Å². The van der Waals surface area contributed by atoms with Crippen LogP contribution in [0.15, 0.2) is 534 Å². The van der Waals surface area contributed by atoms with Crippen molar-refractivity contribution < 1.29 is 0 Å². The molecule has 0 radical (unpaired) electrons. The van der Waals surface area contributed by atoms with Gasteiger partial charge in [0.25, 0.3) is 0 Å². The second-order valence-electron chi connectivity index (χ2n) is 36.0. The van der Waals surface area contributed by atoms with Gasteiger partial charge >= 0.3 is 0 Å². The monoisotopic (exact) mass is 1760 g/mol. The van der Waals surface area contributed by atoms with Crippen LogP contribution in [0.1, 0.15) is 44.5 Å². The molecule has 0 fully saturated rings. The van der Waals surface area contributed by atoms with Gasteiger partial charge in [-0.05, 0) is 244 Å². The molecule has 27 rings (SSSR count). The zero-order chi connectivity index (χ0) is 90.5. The van der Waals surface area contributed by atoms with Gasteiger partial charge in [-0.15, -0.1) is 11.3 Å². The van der Waals surface area contributed by atoms with Crippen molar-refractivity contribution in [2.45, 2.75) is 10.8 Å². The lowest BCUT2D eigenvalue weighted by Crippen LogP contribution is -2.29. The van der Waals surface area contributed by atoms with Crippen LogP contribution in [-0.2, 0) is 10.8 Å². The van der Waals surface area contributed by atoms with E-state index in [0.29, 0.717) is 0 Å². The molecule has 5 heteroatoms. The molecular formula is C132H88N4S. The molecule has 3 aromatic heterocycles. The maximum absolute atomic E-state index is 2.54. The minimum atomic E-state index is -0.544. The summed E-state index contributed by atoms with van der Waals surface area (Å²) in [6.07, 6.45) is 0. The van der Waals surface area contributed by atoms with Gasteiger partial charge in [0.15, 0.2) is 0 Å². The first-order valence-corrected chi connectivity index (χ1v) is 48.1. The highest BCUT2D eigenvalue weighted by atomic mass is 32.1. The fourth-order valence-corrected chi connectivity index (χ4v) is 23.8. The molecular weight excluding hydrogens is 1670 g/mol. The van der Waals surface area contributed by atoms with Crippen LogP contribution in [0.25, 0.3) is 153 Å². The number of thiophene rings is 1. The number of rotatable bonds is 16. The molecule has 0 aliphatic heterocycles. The Hall–Kier alpha value is -17.5. The minimum Gasteiger partial charge on any atom is -0.310 e. The summed E-state index contributed by atoms with van der Waals surface area (Å²) in [7, 11) is 0. The number of aromatic nitrogens is 2. The van der Waals surface area contributed by atoms with E-state index in [4.69, 9.17) is 0 Å². The summed E-state index contributed by atoms with van der Waals surface area (Å²) >= 11 is 1.85. The van der Waals surface area contributed by atoms with Crippen molar-refractivity contribution in [3.05, 3.63) is 578 Å². The normalized spacial score (nSPS) is 12.6. The molecule has 2 aliphatic rings. The lowest BCUT2D eigenvalue weighted by molar-refractivity contribution is 0.762. The number of benzene rings is 22. The lowest BCUT2D eigenvalue weighted by Gasteiger charge is -2.35. The third-order valence-corrected chi connectivity index (χ3v) is 29.8. The SMILES string of the molecule is c1ccc(N(c2ccc(-c3cccc(-c4ccc5c6ccccc6n(-c6cccc7c6-c6ccccc6C7(c6ccccc6)c6ccccc6)c5c4)c3)cc2)c2ccc3sc4ccccc4c3c2)cc1.c1ccc(N(c2ccc(-c3cccc(-c4ccc5c6ccccc6n(-c6cccc7c6C(c6ccccc6)(c6ccccc6)c6ccccc6-7)c5c4)c3)cc2)c2ccc3ccccc3c2)cc1. The van der Waals surface area contributed by atoms with E-state index < -0.39 is 10.8 Å². The first kappa shape index (κ1) is 80.4. The molecule has 0 bridgehead atoms. The fourth-order valence-electron chi connectivity index (χ4n) is 22.7. The van der Waals surface area contributed by atoms with Gasteiger partial charge in [0, 0.05) is 87.0 Å². The molecule has 2 aliphatic carbocycles. The number of anilines is 6. The molecule has 0 spiro atoms. The molecule has 642 valence electrons. The number of hydrogen-bond acceptors (Lipinski definition) is 3. The van der Waals surface area contributed by atoms with E-state index in [1.807, 2.05) is 11.3 Å². The van der Waals surface area contributed by atoms with Gasteiger partial charge in [-0.1, -0.05) is 400 Å². The first-order chi connectivity index (χ1) is 68.0. The minimum absolute atomic E-state index is 0.486. The summed E-state index contributed by atoms with van der Waals surface area (Å²) < 4.78 is 7.68. The molecule has 22 aromatic carbocycles. The van der Waals surface area contributed by atoms with E-state index >= 15 is 0 Å². The number of para-hydroxylation sites is 4. The Balaban J connectivity index is 0.000000142. The van der Waals surface area contributed by atoms with Crippen LogP contribution in [0.5, 0.6) is 0 Å². The Morgan fingerprint density at radius 2 is 0.540 bits per heavy atom. The van der Waals surface area contributed by atoms with Crippen molar-refractivity contribution in [2.75, 3.05) is 9.80 Å². The highest BCUT2D eigenvalue weighted by Gasteiger charge is 2.50. The summed E-state index contributed by atoms with van der Waals surface area (Å²) in [5.74, 6) is 0. The molecule has 137 heavy (non-hydrogen) atoms. The standard InChI is InChI=1S/C67H44N2S.C65H44N2/c1-4-20-49(21-5-1)67(50-22-6-2-7-23-50)59-29-13-10-28-57(59)66-60(67)30-17-32-62(66)69-61-31-14-11-26-54(61)55-40-36-48(43-63(55)69)47-19-16-18-46(42-47)45-34-37-52(38-35-45)68(51-24-8-3-9-25-51)53-39-41-65-58(44-53)56-27-12-15-33-64(56)70-65;1-4-22-51(23-5-1)65(52-24-6-2-7-25-52)60-31-14-12-28-56(60)59-30-17-33-62(64(59)65)67-61-32-15-13-29-57(61)58-41-37-50(44-63(58)67)48-21-16-20-47(42-48)46-34-38-54(39-35-46)66(53-26-8-3-9-27-53)55-40-36-45-18-10-11-19-49(45)43-55/h1-44H;1-44H. The van der Waals surface area contributed by atoms with E-state index in [1.165, 1.54) is 197 Å². The zero-order valence-electron chi connectivity index (χ0n) is 75.0. The predicted molar refractivity (Wildman–Crippen MR) is 578 cm³/mol. The number of nitrogens with zero attached hydrogens (tertiary/aromatic N) is 4. The van der Waals surface area contributed by atoms with Crippen molar-refractivity contribution in [1.82, 2.24) is 9.13 Å². The average molecular weight is 1760 g/mol. The molecule has 4 nitrogen and oxygen atoms in total. The Morgan fingerprint density at radius 1 is 0.182 bits per heavy atom. The third kappa shape index (κ3) is 13.2. The van der Waals surface area contributed by atoms with E-state index in [1.54, 1.807) is 0 Å². The topological polar surface area (TPSA) is 16.3 Å². The average Bonchev–Trinajstić information content (AvgIpc) is 1.53. The van der Waals surface area contributed by atoms with Crippen molar-refractivity contribution in [3.63, 3.8) is 0 Å². The summed E-state index contributed by atoms with van der Waals surface area (Å²) in [5, 5.41) is 10.0. The molecule has 3 heterocycles. The molecule has 0 amide bonds. The molecule has 0 unspecified atom stereocenters. The van der Waals surface area contributed by atoms with Crippen LogP contribution in [-0.4, -0.2) is 9.13 Å². The molecule has 25 aromatic rings. The Bertz CT molecular complexity index is 8870. The second-order valence-corrected chi connectivity index (χ2v) is 37.1. The summed E-state index contributed by atoms with van der Waals surface area (Å²) in [6, 6.07) is 196. The number of hydrogen-bond donors (Lipinski definition) is 0. The van der Waals surface area contributed by atoms with Crippen LogP contribution < -0.4 is 9.80 Å². The molecule has 0 atom stereocenters. The summed E-state index contributed by atoms with van der Waals surface area (Å²) in [4.78, 5) is 4.70. The highest BCUT2D eigenvalue weighted by Crippen LogP contribution is 2.61. The van der Waals surface area contributed by atoms with E-state index in [2.05, 4.69) is 553 Å². The maximum Gasteiger partial charge on any atom is 0.0734 e. The summed E-state index contributed by atoms with van der Waals surface area (Å²) in [6.45, 7) is 0. The predicted octanol–water partition coefficient (Wildman–Crippen LogP) is 35.4. The van der Waals surface area contributed by atoms with Gasteiger partial charge in [0.1, 0.15) is 0 Å². The first-order valence-electron chi connectivity index (χ1n) is 47.2. The van der Waals surface area contributed by atoms with E-state index in [-0.39, 0.29) is 0 Å². The third-order valence-electron chi connectivity index (χ3n) is 28.7. The van der Waals surface area contributed by atoms with E-state index in [0.717, 1.165) is 34.1 Å². The molecule has 0 saturated heterocycles. The second kappa shape index (κ2) is 33.4. The van der Waals surface area contributed by atoms with Gasteiger partial charge in [-0.25, -0.2) is 0 Å². The maximum atomic E-state index is 2.54. The quantitative estimate of drug-likeness (QED) is 0.0959. The Kier molecular flexibility index (Phi) is 19.6. The largest absolute Gasteiger partial charge is 0.310 e. The molecule has 0 saturated carbocycles. The van der Waals surface area contributed by atoms with Gasteiger partial charge in [-0.3, -0.25) is 0 Å². The van der Waals surface area contributed by atoms with Crippen LogP contribution in [0.3, 0.4) is 0 Å². The van der Waals surface area contributed by atoms with Gasteiger partial charge in [0.05, 0.1) is 44.3 Å². The van der Waals surface area contributed by atoms with Crippen LogP contribution in [0.2, 0.25) is 0 Å². The fraction of sp³-hybridized carbons (Fsp3) is 0.0152. The van der Waals surface area contributed by atoms with Crippen LogP contribution >= 0.6 is 11.3 Å². The highest BCUT2D eigenvalue weighted by molar-refractivity contribution is 7.25. The Labute approximate surface area is 800 Å². The van der Waals surface area contributed by atoms with Crippen LogP contribution in [0.4, 0.5) is 34.1 Å². The summed E-state index contributed by atoms with van der Waals surface area (Å²) in [5.41, 5.74) is 37.6. The lowest BCUT2D eigenvalue weighted by atomic mass is 9.67. The van der Waals surface area contributed by atoms with Crippen molar-refractivity contribution in [1.29, 1.82) is 0 Å². The van der Waals surface area contributed by atoms with Gasteiger partial charge in [0.2, 0.25) is 0 Å². The van der Waals surface area contributed by atoms with Gasteiger partial charge < -0.3 is 18.9 Å². The van der Waals surface area contributed by atoms with Gasteiger partial charge in [-0.2, -0.15) is 0 Å². The number of fused-ring (bicyclic) bond motifs is 16. The zero-order valence-corrected chi connectivity index (χ0v) is 75.8. The van der Waals surface area contributed by atoms with Crippen molar-refractivity contribution in [3.8, 4) is 78.1 Å². The van der Waals surface area contributed by atoms with Crippen molar-refractivity contribution >= 4 is 120 Å².